The highest BCUT2D eigenvalue weighted by molar-refractivity contribution is 5.94. The van der Waals surface area contributed by atoms with Crippen molar-refractivity contribution in [1.29, 1.82) is 0 Å². The average molecular weight is 481 g/mol. The van der Waals surface area contributed by atoms with Crippen LogP contribution in [0.1, 0.15) is 39.7 Å². The van der Waals surface area contributed by atoms with E-state index < -0.39 is 54.5 Å². The monoisotopic (exact) mass is 480 g/mol. The van der Waals surface area contributed by atoms with E-state index in [2.05, 4.69) is 16.0 Å². The summed E-state index contributed by atoms with van der Waals surface area (Å²) in [7, 11) is 0. The van der Waals surface area contributed by atoms with Gasteiger partial charge in [0, 0.05) is 0 Å². The number of hydrogen-bond acceptors (Lipinski definition) is 7. The first kappa shape index (κ1) is 28.9. The van der Waals surface area contributed by atoms with E-state index in [0.717, 1.165) is 5.56 Å². The molecule has 0 radical (unpaired) electrons. The van der Waals surface area contributed by atoms with Gasteiger partial charge in [-0.2, -0.15) is 0 Å². The van der Waals surface area contributed by atoms with Gasteiger partial charge in [-0.25, -0.2) is 4.79 Å². The SMILES string of the molecule is CCC(C)C(NC(=O)C(NC(=O)C(N)Cc1ccc(O)cc1)C(C)C)C(=O)NC(CO)C(=O)O. The van der Waals surface area contributed by atoms with Gasteiger partial charge < -0.3 is 37.0 Å². The number of aromatic hydroxyl groups is 1. The first-order valence-corrected chi connectivity index (χ1v) is 11.2. The number of hydrogen-bond donors (Lipinski definition) is 7. The molecule has 0 spiro atoms. The maximum absolute atomic E-state index is 13.0. The fourth-order valence-electron chi connectivity index (χ4n) is 3.17. The summed E-state index contributed by atoms with van der Waals surface area (Å²) < 4.78 is 0. The van der Waals surface area contributed by atoms with E-state index in [9.17, 15) is 29.4 Å². The third-order valence-corrected chi connectivity index (χ3v) is 5.57. The summed E-state index contributed by atoms with van der Waals surface area (Å²) in [4.78, 5) is 49.5. The number of carboxylic acid groups (broad SMARTS) is 1. The van der Waals surface area contributed by atoms with E-state index in [1.807, 2.05) is 6.92 Å². The molecule has 11 heteroatoms. The Kier molecular flexibility index (Phi) is 11.5. The number of aliphatic carboxylic acids is 1. The van der Waals surface area contributed by atoms with Crippen molar-refractivity contribution in [1.82, 2.24) is 16.0 Å². The van der Waals surface area contributed by atoms with E-state index in [1.54, 1.807) is 32.9 Å². The van der Waals surface area contributed by atoms with Crippen LogP contribution < -0.4 is 21.7 Å². The summed E-state index contributed by atoms with van der Waals surface area (Å²) in [6, 6.07) is 1.72. The molecule has 0 aliphatic carbocycles. The number of nitrogens with two attached hydrogens (primary N) is 1. The lowest BCUT2D eigenvalue weighted by Gasteiger charge is -2.29. The summed E-state index contributed by atoms with van der Waals surface area (Å²) in [5.74, 6) is -3.92. The third kappa shape index (κ3) is 8.64. The standard InChI is InChI=1S/C23H36N4O7/c1-5-13(4)19(22(32)25-17(11-28)23(33)34)27-21(31)18(12(2)3)26-20(30)16(24)10-14-6-8-15(29)9-7-14/h6-9,12-13,16-19,28-29H,5,10-11,24H2,1-4H3,(H,25,32)(H,26,30)(H,27,31)(H,33,34). The molecule has 0 bridgehead atoms. The molecule has 34 heavy (non-hydrogen) atoms. The topological polar surface area (TPSA) is 191 Å². The van der Waals surface area contributed by atoms with E-state index in [4.69, 9.17) is 10.8 Å². The summed E-state index contributed by atoms with van der Waals surface area (Å²) >= 11 is 0. The largest absolute Gasteiger partial charge is 0.508 e. The highest BCUT2D eigenvalue weighted by Gasteiger charge is 2.33. The molecule has 0 aliphatic heterocycles. The molecular formula is C23H36N4O7. The van der Waals surface area contributed by atoms with E-state index in [-0.39, 0.29) is 24.0 Å². The van der Waals surface area contributed by atoms with Crippen LogP contribution in [0.15, 0.2) is 24.3 Å². The minimum absolute atomic E-state index is 0.0897. The molecule has 0 aliphatic rings. The Morgan fingerprint density at radius 1 is 0.912 bits per heavy atom. The van der Waals surface area contributed by atoms with Gasteiger partial charge in [-0.15, -0.1) is 0 Å². The molecule has 190 valence electrons. The second kappa shape index (κ2) is 13.5. The van der Waals surface area contributed by atoms with Crippen LogP contribution >= 0.6 is 0 Å². The first-order chi connectivity index (χ1) is 15.9. The number of amides is 3. The molecule has 5 unspecified atom stereocenters. The molecule has 0 heterocycles. The van der Waals surface area contributed by atoms with Gasteiger partial charge in [0.05, 0.1) is 12.6 Å². The number of phenols is 1. The first-order valence-electron chi connectivity index (χ1n) is 11.2. The zero-order valence-corrected chi connectivity index (χ0v) is 19.9. The van der Waals surface area contributed by atoms with Crippen LogP contribution in [-0.2, 0) is 25.6 Å². The van der Waals surface area contributed by atoms with Crippen LogP contribution in [0.2, 0.25) is 0 Å². The zero-order chi connectivity index (χ0) is 26.0. The third-order valence-electron chi connectivity index (χ3n) is 5.57. The molecule has 1 aromatic rings. The van der Waals surface area contributed by atoms with Crippen LogP contribution in [0.3, 0.4) is 0 Å². The summed E-state index contributed by atoms with van der Waals surface area (Å²) in [6.07, 6.45) is 0.694. The molecule has 8 N–H and O–H groups in total. The Morgan fingerprint density at radius 3 is 1.91 bits per heavy atom. The molecule has 0 saturated heterocycles. The highest BCUT2D eigenvalue weighted by Crippen LogP contribution is 2.13. The number of carbonyl (C=O) groups is 4. The lowest BCUT2D eigenvalue weighted by atomic mass is 9.96. The minimum Gasteiger partial charge on any atom is -0.508 e. The minimum atomic E-state index is -1.51. The van der Waals surface area contributed by atoms with Crippen molar-refractivity contribution in [3.8, 4) is 5.75 Å². The summed E-state index contributed by atoms with van der Waals surface area (Å²) in [5, 5.41) is 35.1. The van der Waals surface area contributed by atoms with Gasteiger partial charge in [-0.3, -0.25) is 14.4 Å². The molecule has 0 aromatic heterocycles. The Morgan fingerprint density at radius 2 is 1.44 bits per heavy atom. The molecule has 0 fully saturated rings. The fraction of sp³-hybridized carbons (Fsp3) is 0.565. The molecule has 5 atom stereocenters. The van der Waals surface area contributed by atoms with E-state index in [1.165, 1.54) is 12.1 Å². The smallest absolute Gasteiger partial charge is 0.328 e. The fourth-order valence-corrected chi connectivity index (χ4v) is 3.17. The Balaban J connectivity index is 2.91. The van der Waals surface area contributed by atoms with E-state index >= 15 is 0 Å². The molecule has 11 nitrogen and oxygen atoms in total. The quantitative estimate of drug-likeness (QED) is 0.196. The number of aliphatic hydroxyl groups excluding tert-OH is 1. The van der Waals surface area contributed by atoms with Crippen molar-refractivity contribution in [2.24, 2.45) is 17.6 Å². The normalized spacial score (nSPS) is 15.5. The number of carboxylic acids is 1. The molecule has 0 saturated carbocycles. The predicted molar refractivity (Wildman–Crippen MR) is 125 cm³/mol. The van der Waals surface area contributed by atoms with Crippen LogP contribution in [0.4, 0.5) is 0 Å². The lowest BCUT2D eigenvalue weighted by molar-refractivity contribution is -0.143. The van der Waals surface area contributed by atoms with Crippen molar-refractivity contribution in [3.05, 3.63) is 29.8 Å². The Hall–Kier alpha value is -3.18. The van der Waals surface area contributed by atoms with Crippen molar-refractivity contribution in [3.63, 3.8) is 0 Å². The van der Waals surface area contributed by atoms with Crippen LogP contribution in [0.5, 0.6) is 5.75 Å². The van der Waals surface area contributed by atoms with Gasteiger partial charge in [-0.1, -0.05) is 46.2 Å². The Labute approximate surface area is 199 Å². The Bertz CT molecular complexity index is 844. The summed E-state index contributed by atoms with van der Waals surface area (Å²) in [6.45, 7) is 6.17. The van der Waals surface area contributed by atoms with Gasteiger partial charge in [-0.05, 0) is 36.0 Å². The summed E-state index contributed by atoms with van der Waals surface area (Å²) in [5.41, 5.74) is 6.74. The number of rotatable bonds is 13. The number of phenolic OH excluding ortho intramolecular Hbond substituents is 1. The van der Waals surface area contributed by atoms with Gasteiger partial charge in [0.2, 0.25) is 17.7 Å². The molecule has 1 aromatic carbocycles. The zero-order valence-electron chi connectivity index (χ0n) is 19.9. The van der Waals surface area contributed by atoms with Crippen LogP contribution in [0, 0.1) is 11.8 Å². The van der Waals surface area contributed by atoms with E-state index in [0.29, 0.717) is 6.42 Å². The number of carbonyl (C=O) groups excluding carboxylic acids is 3. The second-order valence-corrected chi connectivity index (χ2v) is 8.66. The van der Waals surface area contributed by atoms with Gasteiger partial charge >= 0.3 is 5.97 Å². The number of aliphatic hydroxyl groups is 1. The van der Waals surface area contributed by atoms with Gasteiger partial charge in [0.25, 0.3) is 0 Å². The van der Waals surface area contributed by atoms with Gasteiger partial charge in [0.1, 0.15) is 23.9 Å². The van der Waals surface area contributed by atoms with Crippen LogP contribution in [0.25, 0.3) is 0 Å². The highest BCUT2D eigenvalue weighted by atomic mass is 16.4. The maximum Gasteiger partial charge on any atom is 0.328 e. The number of nitrogens with one attached hydrogen (secondary N) is 3. The van der Waals surface area contributed by atoms with Crippen molar-refractivity contribution in [2.45, 2.75) is 64.7 Å². The van der Waals surface area contributed by atoms with Crippen molar-refractivity contribution >= 4 is 23.7 Å². The predicted octanol–water partition coefficient (Wildman–Crippen LogP) is -0.505. The van der Waals surface area contributed by atoms with Crippen molar-refractivity contribution < 1.29 is 34.5 Å². The molecular weight excluding hydrogens is 444 g/mol. The van der Waals surface area contributed by atoms with Crippen LogP contribution in [-0.4, -0.2) is 69.8 Å². The van der Waals surface area contributed by atoms with Crippen molar-refractivity contribution in [2.75, 3.05) is 6.61 Å². The number of benzene rings is 1. The average Bonchev–Trinajstić information content (AvgIpc) is 2.79. The molecule has 3 amide bonds. The maximum atomic E-state index is 13.0. The second-order valence-electron chi connectivity index (χ2n) is 8.66. The lowest BCUT2D eigenvalue weighted by Crippen LogP contribution is -2.60. The molecule has 1 rings (SSSR count). The van der Waals surface area contributed by atoms with Gasteiger partial charge in [0.15, 0.2) is 0 Å².